The van der Waals surface area contributed by atoms with Gasteiger partial charge in [0.15, 0.2) is 5.78 Å². The second-order valence-corrected chi connectivity index (χ2v) is 6.93. The number of ether oxygens (including phenoxy) is 2. The molecule has 118 valence electrons. The minimum absolute atomic E-state index is 0.134. The van der Waals surface area contributed by atoms with E-state index >= 15 is 0 Å². The van der Waals surface area contributed by atoms with Crippen molar-refractivity contribution in [1.82, 2.24) is 0 Å². The van der Waals surface area contributed by atoms with Gasteiger partial charge in [0.1, 0.15) is 11.4 Å². The van der Waals surface area contributed by atoms with E-state index in [2.05, 4.69) is 13.8 Å². The van der Waals surface area contributed by atoms with E-state index < -0.39 is 5.60 Å². The van der Waals surface area contributed by atoms with Gasteiger partial charge in [-0.3, -0.25) is 4.79 Å². The van der Waals surface area contributed by atoms with E-state index in [0.29, 0.717) is 6.61 Å². The Kier molecular flexibility index (Phi) is 3.64. The maximum atomic E-state index is 12.8. The normalized spacial score (nSPS) is 31.5. The molecule has 0 aromatic heterocycles. The molecular formula is C19H24O3. The zero-order chi connectivity index (χ0) is 16.0. The molecule has 2 unspecified atom stereocenters. The SMILES string of the molecule is CCOc1ccccc1/C=C1\C(=O)C2(C)CCC1C(C)(C)O2. The summed E-state index contributed by atoms with van der Waals surface area (Å²) in [4.78, 5) is 12.8. The number of carbonyl (C=O) groups is 1. The van der Waals surface area contributed by atoms with Crippen LogP contribution < -0.4 is 4.74 Å². The highest BCUT2D eigenvalue weighted by molar-refractivity contribution is 6.07. The summed E-state index contributed by atoms with van der Waals surface area (Å²) in [5, 5.41) is 0. The number of hydrogen-bond donors (Lipinski definition) is 0. The average Bonchev–Trinajstić information content (AvgIpc) is 2.44. The van der Waals surface area contributed by atoms with Crippen LogP contribution in [0.2, 0.25) is 0 Å². The van der Waals surface area contributed by atoms with Crippen LogP contribution in [0.15, 0.2) is 29.8 Å². The van der Waals surface area contributed by atoms with Gasteiger partial charge in [-0.25, -0.2) is 0 Å². The molecule has 3 aliphatic rings. The minimum Gasteiger partial charge on any atom is -0.493 e. The quantitative estimate of drug-likeness (QED) is 0.791. The van der Waals surface area contributed by atoms with E-state index in [1.54, 1.807) is 0 Å². The van der Waals surface area contributed by atoms with Gasteiger partial charge < -0.3 is 9.47 Å². The lowest BCUT2D eigenvalue weighted by molar-refractivity contribution is -0.206. The van der Waals surface area contributed by atoms with Crippen LogP contribution in [-0.2, 0) is 9.53 Å². The number of rotatable bonds is 3. The first-order valence-corrected chi connectivity index (χ1v) is 8.06. The first-order valence-electron chi connectivity index (χ1n) is 8.06. The second kappa shape index (κ2) is 5.24. The molecule has 2 bridgehead atoms. The number of para-hydroxylation sites is 1. The van der Waals surface area contributed by atoms with Gasteiger partial charge in [0.2, 0.25) is 0 Å². The summed E-state index contributed by atoms with van der Waals surface area (Å²) < 4.78 is 11.8. The van der Waals surface area contributed by atoms with Crippen LogP contribution in [-0.4, -0.2) is 23.6 Å². The van der Waals surface area contributed by atoms with E-state index in [1.807, 2.05) is 44.2 Å². The topological polar surface area (TPSA) is 35.5 Å². The number of hydrogen-bond acceptors (Lipinski definition) is 3. The van der Waals surface area contributed by atoms with Crippen LogP contribution in [0.3, 0.4) is 0 Å². The van der Waals surface area contributed by atoms with Crippen LogP contribution in [0.5, 0.6) is 5.75 Å². The fourth-order valence-corrected chi connectivity index (χ4v) is 3.84. The monoisotopic (exact) mass is 300 g/mol. The summed E-state index contributed by atoms with van der Waals surface area (Å²) in [6, 6.07) is 7.88. The highest BCUT2D eigenvalue weighted by Gasteiger charge is 2.56. The third-order valence-corrected chi connectivity index (χ3v) is 4.89. The van der Waals surface area contributed by atoms with Gasteiger partial charge in [0.25, 0.3) is 0 Å². The molecule has 3 heteroatoms. The number of benzene rings is 1. The Labute approximate surface area is 132 Å². The molecule has 3 fully saturated rings. The first kappa shape index (κ1) is 15.3. The third-order valence-electron chi connectivity index (χ3n) is 4.89. The summed E-state index contributed by atoms with van der Waals surface area (Å²) in [5.41, 5.74) is 0.884. The van der Waals surface area contributed by atoms with E-state index in [9.17, 15) is 4.79 Å². The molecule has 1 aliphatic carbocycles. The van der Waals surface area contributed by atoms with E-state index in [0.717, 1.165) is 29.7 Å². The number of carbonyl (C=O) groups excluding carboxylic acids is 1. The van der Waals surface area contributed by atoms with Crippen LogP contribution in [0.1, 0.15) is 46.1 Å². The molecule has 0 amide bonds. The van der Waals surface area contributed by atoms with Crippen LogP contribution in [0, 0.1) is 5.92 Å². The molecule has 2 heterocycles. The van der Waals surface area contributed by atoms with Gasteiger partial charge >= 0.3 is 0 Å². The van der Waals surface area contributed by atoms with Crippen LogP contribution in [0.4, 0.5) is 0 Å². The first-order chi connectivity index (χ1) is 10.4. The molecule has 2 aliphatic heterocycles. The number of Topliss-reactive ketones (excluding diaryl/α,β-unsaturated/α-hetero) is 1. The molecule has 1 aromatic rings. The van der Waals surface area contributed by atoms with E-state index in [1.165, 1.54) is 0 Å². The second-order valence-electron chi connectivity index (χ2n) is 6.93. The highest BCUT2D eigenvalue weighted by atomic mass is 16.5. The Bertz CT molecular complexity index is 629. The lowest BCUT2D eigenvalue weighted by atomic mass is 9.65. The molecule has 1 saturated carbocycles. The van der Waals surface area contributed by atoms with Crippen molar-refractivity contribution in [3.63, 3.8) is 0 Å². The Morgan fingerprint density at radius 3 is 2.73 bits per heavy atom. The molecule has 22 heavy (non-hydrogen) atoms. The molecule has 0 N–H and O–H groups in total. The fourth-order valence-electron chi connectivity index (χ4n) is 3.84. The van der Waals surface area contributed by atoms with E-state index in [4.69, 9.17) is 9.47 Å². The van der Waals surface area contributed by atoms with Gasteiger partial charge in [-0.1, -0.05) is 18.2 Å². The van der Waals surface area contributed by atoms with Crippen molar-refractivity contribution < 1.29 is 14.3 Å². The predicted octanol–water partition coefficient (Wildman–Crippen LogP) is 4.02. The van der Waals surface area contributed by atoms with Crippen molar-refractivity contribution in [2.45, 2.75) is 51.7 Å². The van der Waals surface area contributed by atoms with Gasteiger partial charge in [0, 0.05) is 17.1 Å². The summed E-state index contributed by atoms with van der Waals surface area (Å²) in [5.74, 6) is 1.11. The Morgan fingerprint density at radius 1 is 1.32 bits per heavy atom. The highest BCUT2D eigenvalue weighted by Crippen LogP contribution is 2.50. The van der Waals surface area contributed by atoms with Crippen LogP contribution in [0.25, 0.3) is 6.08 Å². The molecule has 0 spiro atoms. The van der Waals surface area contributed by atoms with Crippen molar-refractivity contribution in [2.24, 2.45) is 5.92 Å². The molecule has 0 radical (unpaired) electrons. The molecule has 1 aromatic carbocycles. The number of fused-ring (bicyclic) bond motifs is 3. The smallest absolute Gasteiger partial charge is 0.190 e. The fraction of sp³-hybridized carbons (Fsp3) is 0.526. The van der Waals surface area contributed by atoms with E-state index in [-0.39, 0.29) is 17.3 Å². The molecule has 4 rings (SSSR count). The van der Waals surface area contributed by atoms with Crippen molar-refractivity contribution in [3.8, 4) is 5.75 Å². The van der Waals surface area contributed by atoms with Gasteiger partial charge in [-0.15, -0.1) is 0 Å². The van der Waals surface area contributed by atoms with Crippen molar-refractivity contribution >= 4 is 11.9 Å². The summed E-state index contributed by atoms with van der Waals surface area (Å²) in [6.45, 7) is 8.68. The summed E-state index contributed by atoms with van der Waals surface area (Å²) >= 11 is 0. The predicted molar refractivity (Wildman–Crippen MR) is 86.9 cm³/mol. The third kappa shape index (κ3) is 2.38. The lowest BCUT2D eigenvalue weighted by Gasteiger charge is -2.53. The maximum Gasteiger partial charge on any atom is 0.190 e. The zero-order valence-corrected chi connectivity index (χ0v) is 13.8. The van der Waals surface area contributed by atoms with Crippen molar-refractivity contribution in [3.05, 3.63) is 35.4 Å². The maximum absolute atomic E-state index is 12.8. The number of ketones is 1. The standard InChI is InChI=1S/C19H24O3/c1-5-21-16-9-7-6-8-13(16)12-14-15-10-11-19(4,17(14)20)22-18(15,2)3/h6-9,12,15H,5,10-11H2,1-4H3/b14-12-. The Hall–Kier alpha value is -1.61. The lowest BCUT2D eigenvalue weighted by Crippen LogP contribution is -2.60. The van der Waals surface area contributed by atoms with Gasteiger partial charge in [-0.05, 0) is 52.7 Å². The minimum atomic E-state index is -0.676. The Balaban J connectivity index is 2.06. The molecular weight excluding hydrogens is 276 g/mol. The average molecular weight is 300 g/mol. The zero-order valence-electron chi connectivity index (χ0n) is 13.8. The van der Waals surface area contributed by atoms with Crippen molar-refractivity contribution in [1.29, 1.82) is 0 Å². The summed E-state index contributed by atoms with van der Waals surface area (Å²) in [7, 11) is 0. The molecule has 2 atom stereocenters. The van der Waals surface area contributed by atoms with Crippen molar-refractivity contribution in [2.75, 3.05) is 6.61 Å². The molecule has 3 nitrogen and oxygen atoms in total. The van der Waals surface area contributed by atoms with Gasteiger partial charge in [0.05, 0.1) is 12.2 Å². The largest absolute Gasteiger partial charge is 0.493 e. The molecule has 2 saturated heterocycles. The van der Waals surface area contributed by atoms with Crippen LogP contribution >= 0.6 is 0 Å². The summed E-state index contributed by atoms with van der Waals surface area (Å²) in [6.07, 6.45) is 3.82. The Morgan fingerprint density at radius 2 is 2.05 bits per heavy atom. The van der Waals surface area contributed by atoms with Gasteiger partial charge in [-0.2, -0.15) is 0 Å².